The minimum absolute atomic E-state index is 0.186. The predicted octanol–water partition coefficient (Wildman–Crippen LogP) is 4.22. The molecule has 1 saturated heterocycles. The predicted molar refractivity (Wildman–Crippen MR) is 124 cm³/mol. The van der Waals surface area contributed by atoms with E-state index in [1.54, 1.807) is 6.92 Å². The number of cyclic esters (lactones) is 1. The molecule has 4 aliphatic rings. The topological polar surface area (TPSA) is 87.0 Å². The smallest absolute Gasteiger partial charge is 0.338 e. The summed E-state index contributed by atoms with van der Waals surface area (Å²) in [6.07, 6.45) is 11.0. The van der Waals surface area contributed by atoms with E-state index in [2.05, 4.69) is 32.6 Å². The Hall–Kier alpha value is -1.43. The number of carbonyl (C=O) groups is 1. The number of aliphatic hydroxyl groups excluding tert-OH is 2. The number of hydrogen-bond donors (Lipinski definition) is 3. The van der Waals surface area contributed by atoms with Crippen molar-refractivity contribution >= 4 is 5.97 Å². The zero-order valence-electron chi connectivity index (χ0n) is 19.8. The Morgan fingerprint density at radius 2 is 2.00 bits per heavy atom. The summed E-state index contributed by atoms with van der Waals surface area (Å²) in [5.74, 6) is 1.06. The van der Waals surface area contributed by atoms with E-state index in [4.69, 9.17) is 4.74 Å². The van der Waals surface area contributed by atoms with E-state index in [0.29, 0.717) is 37.0 Å². The molecule has 3 N–H and O–H groups in total. The summed E-state index contributed by atoms with van der Waals surface area (Å²) >= 11 is 0. The van der Waals surface area contributed by atoms with Gasteiger partial charge in [0.05, 0.1) is 12.2 Å². The Morgan fingerprint density at radius 3 is 2.69 bits per heavy atom. The third kappa shape index (κ3) is 4.36. The summed E-state index contributed by atoms with van der Waals surface area (Å²) in [5, 5.41) is 30.4. The second-order valence-electron chi connectivity index (χ2n) is 11.4. The van der Waals surface area contributed by atoms with E-state index >= 15 is 0 Å². The number of esters is 1. The van der Waals surface area contributed by atoms with Crippen molar-refractivity contribution < 1.29 is 24.9 Å². The van der Waals surface area contributed by atoms with Crippen LogP contribution in [-0.4, -0.2) is 45.2 Å². The van der Waals surface area contributed by atoms with Crippen LogP contribution in [0.3, 0.4) is 0 Å². The van der Waals surface area contributed by atoms with Gasteiger partial charge in [0.2, 0.25) is 0 Å². The van der Waals surface area contributed by atoms with Crippen LogP contribution in [0.1, 0.15) is 78.6 Å². The molecule has 3 saturated carbocycles. The van der Waals surface area contributed by atoms with Crippen molar-refractivity contribution in [2.75, 3.05) is 0 Å². The molecule has 0 radical (unpaired) electrons. The van der Waals surface area contributed by atoms with Crippen LogP contribution in [0, 0.1) is 23.2 Å². The van der Waals surface area contributed by atoms with Crippen LogP contribution >= 0.6 is 0 Å². The first kappa shape index (κ1) is 23.7. The van der Waals surface area contributed by atoms with Crippen LogP contribution in [0.25, 0.3) is 0 Å². The molecule has 1 unspecified atom stereocenters. The number of carbonyl (C=O) groups excluding carboxylic acids is 1. The van der Waals surface area contributed by atoms with Crippen molar-refractivity contribution in [1.29, 1.82) is 0 Å². The molecule has 4 fully saturated rings. The molecule has 5 nitrogen and oxygen atoms in total. The third-order valence-electron chi connectivity index (χ3n) is 8.96. The molecule has 1 aliphatic heterocycles. The van der Waals surface area contributed by atoms with Crippen molar-refractivity contribution in [3.05, 3.63) is 35.5 Å². The average Bonchev–Trinajstić information content (AvgIpc) is 3.18. The lowest BCUT2D eigenvalue weighted by Gasteiger charge is -2.44. The van der Waals surface area contributed by atoms with Gasteiger partial charge in [-0.2, -0.15) is 0 Å². The highest BCUT2D eigenvalue weighted by atomic mass is 16.6. The molecular formula is C27H40O5. The molecule has 1 heterocycles. The summed E-state index contributed by atoms with van der Waals surface area (Å²) in [6, 6.07) is 0. The standard InChI is InChI=1S/C27H40O5/c1-16(12-21-15-27(4,31)25(30)32-21)22-9-10-23-18(6-5-11-26(22,23)3)7-8-19-13-20(28)14-24(29)17(19)2/h7-8,16,20-24,28-29,31H,2,5-6,9-15H2,1,3-4H3/b18-7+,19-8-/t16-,20+,21?,22-,23+,24+,26-,27-/m1/s1. The second-order valence-corrected chi connectivity index (χ2v) is 11.4. The van der Waals surface area contributed by atoms with E-state index in [-0.39, 0.29) is 11.5 Å². The van der Waals surface area contributed by atoms with Crippen LogP contribution < -0.4 is 0 Å². The molecule has 0 spiro atoms. The monoisotopic (exact) mass is 444 g/mol. The molecule has 178 valence electrons. The molecule has 32 heavy (non-hydrogen) atoms. The highest BCUT2D eigenvalue weighted by Crippen LogP contribution is 2.60. The van der Waals surface area contributed by atoms with Gasteiger partial charge in [0.1, 0.15) is 6.10 Å². The van der Waals surface area contributed by atoms with Crippen molar-refractivity contribution in [1.82, 2.24) is 0 Å². The van der Waals surface area contributed by atoms with Gasteiger partial charge in [-0.05, 0) is 86.2 Å². The van der Waals surface area contributed by atoms with E-state index in [1.165, 1.54) is 31.3 Å². The Kier molecular flexibility index (Phi) is 6.47. The molecule has 8 atom stereocenters. The Labute approximate surface area is 192 Å². The fraction of sp³-hybridized carbons (Fsp3) is 0.741. The lowest BCUT2D eigenvalue weighted by Crippen LogP contribution is -2.36. The number of hydrogen-bond acceptors (Lipinski definition) is 5. The minimum atomic E-state index is -1.34. The maximum atomic E-state index is 11.9. The highest BCUT2D eigenvalue weighted by Gasteiger charge is 2.52. The molecule has 0 amide bonds. The normalized spacial score (nSPS) is 45.9. The van der Waals surface area contributed by atoms with E-state index in [9.17, 15) is 20.1 Å². The molecule has 0 aromatic heterocycles. The zero-order chi connectivity index (χ0) is 23.3. The first-order chi connectivity index (χ1) is 15.0. The van der Waals surface area contributed by atoms with Gasteiger partial charge >= 0.3 is 5.97 Å². The van der Waals surface area contributed by atoms with E-state index < -0.39 is 23.8 Å². The fourth-order valence-electron chi connectivity index (χ4n) is 7.24. The van der Waals surface area contributed by atoms with Crippen molar-refractivity contribution in [3.63, 3.8) is 0 Å². The first-order valence-electron chi connectivity index (χ1n) is 12.4. The van der Waals surface area contributed by atoms with Gasteiger partial charge < -0.3 is 20.1 Å². The lowest BCUT2D eigenvalue weighted by molar-refractivity contribution is -0.154. The quantitative estimate of drug-likeness (QED) is 0.565. The summed E-state index contributed by atoms with van der Waals surface area (Å²) < 4.78 is 5.47. The summed E-state index contributed by atoms with van der Waals surface area (Å²) in [4.78, 5) is 11.9. The zero-order valence-corrected chi connectivity index (χ0v) is 19.8. The molecular weight excluding hydrogens is 404 g/mol. The molecule has 0 bridgehead atoms. The SMILES string of the molecule is C=C1/C(=C\C=C2/CCC[C@]3(C)[C@@H]([C@H](C)CC4C[C@@](C)(O)C(=O)O4)CC[C@@H]23)C[C@H](O)C[C@@H]1O. The molecule has 4 rings (SSSR count). The van der Waals surface area contributed by atoms with Crippen molar-refractivity contribution in [2.24, 2.45) is 23.2 Å². The number of rotatable bonds is 4. The van der Waals surface area contributed by atoms with Crippen molar-refractivity contribution in [2.45, 2.75) is 102 Å². The first-order valence-corrected chi connectivity index (χ1v) is 12.4. The van der Waals surface area contributed by atoms with Crippen LogP contribution in [0.5, 0.6) is 0 Å². The molecule has 3 aliphatic carbocycles. The second kappa shape index (κ2) is 8.73. The van der Waals surface area contributed by atoms with Crippen LogP contribution in [0.15, 0.2) is 35.5 Å². The Morgan fingerprint density at radius 1 is 1.25 bits per heavy atom. The fourth-order valence-corrected chi connectivity index (χ4v) is 7.24. The maximum Gasteiger partial charge on any atom is 0.338 e. The van der Waals surface area contributed by atoms with Gasteiger partial charge in [0, 0.05) is 12.8 Å². The number of fused-ring (bicyclic) bond motifs is 1. The summed E-state index contributed by atoms with van der Waals surface area (Å²) in [5.41, 5.74) is 2.08. The minimum Gasteiger partial charge on any atom is -0.460 e. The molecule has 0 aromatic rings. The molecule has 0 aromatic carbocycles. The van der Waals surface area contributed by atoms with E-state index in [0.717, 1.165) is 24.0 Å². The molecule has 5 heteroatoms. The summed E-state index contributed by atoms with van der Waals surface area (Å²) in [7, 11) is 0. The van der Waals surface area contributed by atoms with Crippen LogP contribution in [-0.2, 0) is 9.53 Å². The summed E-state index contributed by atoms with van der Waals surface area (Å²) in [6.45, 7) is 10.3. The Bertz CT molecular complexity index is 824. The van der Waals surface area contributed by atoms with Gasteiger partial charge in [-0.25, -0.2) is 4.79 Å². The van der Waals surface area contributed by atoms with Gasteiger partial charge in [-0.3, -0.25) is 0 Å². The lowest BCUT2D eigenvalue weighted by atomic mass is 9.60. The highest BCUT2D eigenvalue weighted by molar-refractivity contribution is 5.80. The average molecular weight is 445 g/mol. The van der Waals surface area contributed by atoms with Gasteiger partial charge in [0.25, 0.3) is 0 Å². The van der Waals surface area contributed by atoms with Crippen LogP contribution in [0.4, 0.5) is 0 Å². The van der Waals surface area contributed by atoms with Gasteiger partial charge in [0.15, 0.2) is 5.60 Å². The maximum absolute atomic E-state index is 11.9. The van der Waals surface area contributed by atoms with E-state index in [1.807, 2.05) is 0 Å². The van der Waals surface area contributed by atoms with Crippen molar-refractivity contribution in [3.8, 4) is 0 Å². The largest absolute Gasteiger partial charge is 0.460 e. The van der Waals surface area contributed by atoms with Gasteiger partial charge in [-0.15, -0.1) is 0 Å². The Balaban J connectivity index is 1.47. The van der Waals surface area contributed by atoms with Crippen LogP contribution in [0.2, 0.25) is 0 Å². The number of ether oxygens (including phenoxy) is 1. The third-order valence-corrected chi connectivity index (χ3v) is 8.96. The number of aliphatic hydroxyl groups is 3. The van der Waals surface area contributed by atoms with Gasteiger partial charge in [-0.1, -0.05) is 38.2 Å². The number of allylic oxidation sites excluding steroid dienone is 3.